The highest BCUT2D eigenvalue weighted by Crippen LogP contribution is 2.32. The summed E-state index contributed by atoms with van der Waals surface area (Å²) in [5.41, 5.74) is 0.219. The molecule has 0 unspecified atom stereocenters. The zero-order valence-electron chi connectivity index (χ0n) is 16.8. The molecule has 0 atom stereocenters. The third-order valence-corrected chi connectivity index (χ3v) is 7.41. The smallest absolute Gasteiger partial charge is 0.324 e. The molecule has 32 heavy (non-hydrogen) atoms. The predicted octanol–water partition coefficient (Wildman–Crippen LogP) is 4.29. The number of carbonyl (C=O) groups excluding carboxylic acids is 1. The molecule has 1 aromatic heterocycles. The summed E-state index contributed by atoms with van der Waals surface area (Å²) < 4.78 is 65.7. The maximum Gasteiger partial charge on any atom is 0.416 e. The number of carbonyl (C=O) groups is 1. The van der Waals surface area contributed by atoms with Crippen LogP contribution in [0, 0.1) is 5.92 Å². The number of fused-ring (bicyclic) bond motifs is 1. The number of anilines is 1. The van der Waals surface area contributed by atoms with Crippen molar-refractivity contribution < 1.29 is 26.4 Å². The minimum absolute atomic E-state index is 0.0461. The van der Waals surface area contributed by atoms with Gasteiger partial charge >= 0.3 is 6.18 Å². The minimum atomic E-state index is -4.63. The lowest BCUT2D eigenvalue weighted by atomic mass is 9.97. The molecule has 0 saturated carbocycles. The molecule has 1 fully saturated rings. The number of para-hydroxylation sites is 1. The number of hydrogen-bond donors (Lipinski definition) is 1. The van der Waals surface area contributed by atoms with Crippen LogP contribution in [0.2, 0.25) is 0 Å². The van der Waals surface area contributed by atoms with Crippen molar-refractivity contribution in [3.05, 3.63) is 66.4 Å². The van der Waals surface area contributed by atoms with Crippen molar-refractivity contribution in [3.8, 4) is 0 Å². The molecule has 10 heteroatoms. The Hall–Kier alpha value is -2.98. The molecule has 6 nitrogen and oxygen atoms in total. The lowest BCUT2D eigenvalue weighted by Gasteiger charge is -2.30. The number of benzene rings is 2. The van der Waals surface area contributed by atoms with Crippen LogP contribution in [0.5, 0.6) is 0 Å². The van der Waals surface area contributed by atoms with E-state index >= 15 is 0 Å². The topological polar surface area (TPSA) is 79.4 Å². The second-order valence-corrected chi connectivity index (χ2v) is 9.51. The van der Waals surface area contributed by atoms with Gasteiger partial charge in [-0.1, -0.05) is 24.3 Å². The number of aromatic nitrogens is 1. The van der Waals surface area contributed by atoms with Gasteiger partial charge < -0.3 is 5.32 Å². The van der Waals surface area contributed by atoms with Gasteiger partial charge in [0.2, 0.25) is 15.9 Å². The number of amides is 1. The highest BCUT2D eigenvalue weighted by molar-refractivity contribution is 7.89. The van der Waals surface area contributed by atoms with Crippen LogP contribution in [0.4, 0.5) is 18.9 Å². The maximum atomic E-state index is 13.0. The number of halogens is 3. The van der Waals surface area contributed by atoms with Gasteiger partial charge in [0, 0.05) is 30.6 Å². The van der Waals surface area contributed by atoms with Gasteiger partial charge in [-0.25, -0.2) is 8.42 Å². The Morgan fingerprint density at radius 3 is 2.44 bits per heavy atom. The second-order valence-electron chi connectivity index (χ2n) is 7.57. The average molecular weight is 463 g/mol. The van der Waals surface area contributed by atoms with E-state index in [1.54, 1.807) is 18.3 Å². The SMILES string of the molecule is O=C(Nc1cccc2cccnc12)C1CCN(S(=O)(=O)c2cccc(C(F)(F)F)c2)CC1. The monoisotopic (exact) mass is 463 g/mol. The zero-order valence-corrected chi connectivity index (χ0v) is 17.7. The second kappa shape index (κ2) is 8.51. The van der Waals surface area contributed by atoms with Crippen molar-refractivity contribution in [1.29, 1.82) is 0 Å². The predicted molar refractivity (Wildman–Crippen MR) is 113 cm³/mol. The lowest BCUT2D eigenvalue weighted by Crippen LogP contribution is -2.41. The molecular weight excluding hydrogens is 443 g/mol. The van der Waals surface area contributed by atoms with Gasteiger partial charge in [-0.15, -0.1) is 0 Å². The van der Waals surface area contributed by atoms with E-state index in [1.165, 1.54) is 0 Å². The largest absolute Gasteiger partial charge is 0.416 e. The first-order valence-corrected chi connectivity index (χ1v) is 11.4. The molecule has 1 amide bonds. The van der Waals surface area contributed by atoms with E-state index in [1.807, 2.05) is 18.2 Å². The Balaban J connectivity index is 1.44. The van der Waals surface area contributed by atoms with Crippen molar-refractivity contribution in [2.45, 2.75) is 23.9 Å². The van der Waals surface area contributed by atoms with E-state index in [2.05, 4.69) is 10.3 Å². The summed E-state index contributed by atoms with van der Waals surface area (Å²) in [4.78, 5) is 16.7. The van der Waals surface area contributed by atoms with Crippen LogP contribution in [-0.2, 0) is 21.0 Å². The third kappa shape index (κ3) is 4.46. The first-order valence-electron chi connectivity index (χ1n) is 9.98. The highest BCUT2D eigenvalue weighted by Gasteiger charge is 2.35. The van der Waals surface area contributed by atoms with Crippen LogP contribution in [0.25, 0.3) is 10.9 Å². The third-order valence-electron chi connectivity index (χ3n) is 5.51. The van der Waals surface area contributed by atoms with Gasteiger partial charge in [0.15, 0.2) is 0 Å². The van der Waals surface area contributed by atoms with E-state index in [4.69, 9.17) is 0 Å². The van der Waals surface area contributed by atoms with E-state index in [0.29, 0.717) is 17.3 Å². The quantitative estimate of drug-likeness (QED) is 0.626. The summed E-state index contributed by atoms with van der Waals surface area (Å²) in [6.45, 7) is 0.0922. The van der Waals surface area contributed by atoms with E-state index in [-0.39, 0.29) is 31.8 Å². The number of nitrogens with one attached hydrogen (secondary N) is 1. The van der Waals surface area contributed by atoms with Crippen molar-refractivity contribution >= 4 is 32.5 Å². The number of hydrogen-bond acceptors (Lipinski definition) is 4. The van der Waals surface area contributed by atoms with E-state index in [0.717, 1.165) is 27.9 Å². The number of nitrogens with zero attached hydrogens (tertiary/aromatic N) is 2. The standard InChI is InChI=1S/C22H20F3N3O3S/c23-22(24,25)17-6-2-7-18(14-17)32(30,31)28-12-9-16(10-13-28)21(29)27-19-8-1-4-15-5-3-11-26-20(15)19/h1-8,11,14,16H,9-10,12-13H2,(H,27,29). The van der Waals surface area contributed by atoms with Crippen molar-refractivity contribution in [3.63, 3.8) is 0 Å². The summed E-state index contributed by atoms with van der Waals surface area (Å²) in [5.74, 6) is -0.652. The van der Waals surface area contributed by atoms with Crippen molar-refractivity contribution in [2.75, 3.05) is 18.4 Å². The van der Waals surface area contributed by atoms with Crippen LogP contribution in [0.3, 0.4) is 0 Å². The Kier molecular flexibility index (Phi) is 5.91. The maximum absolute atomic E-state index is 13.0. The molecule has 1 aliphatic heterocycles. The zero-order chi connectivity index (χ0) is 22.9. The van der Waals surface area contributed by atoms with Crippen LogP contribution in [0.1, 0.15) is 18.4 Å². The van der Waals surface area contributed by atoms with Gasteiger partial charge in [0.1, 0.15) is 0 Å². The molecule has 0 radical (unpaired) electrons. The van der Waals surface area contributed by atoms with Gasteiger partial charge in [0.25, 0.3) is 0 Å². The van der Waals surface area contributed by atoms with Crippen LogP contribution in [0.15, 0.2) is 65.7 Å². The first-order chi connectivity index (χ1) is 15.2. The van der Waals surface area contributed by atoms with Crippen LogP contribution < -0.4 is 5.32 Å². The first kappa shape index (κ1) is 22.2. The highest BCUT2D eigenvalue weighted by atomic mass is 32.2. The van der Waals surface area contributed by atoms with Crippen LogP contribution >= 0.6 is 0 Å². The average Bonchev–Trinajstić information content (AvgIpc) is 2.79. The number of pyridine rings is 1. The summed E-state index contributed by atoms with van der Waals surface area (Å²) >= 11 is 0. The fraction of sp³-hybridized carbons (Fsp3) is 0.273. The molecule has 0 aliphatic carbocycles. The Bertz CT molecular complexity index is 1250. The van der Waals surface area contributed by atoms with Crippen molar-refractivity contribution in [2.24, 2.45) is 5.92 Å². The van der Waals surface area contributed by atoms with Gasteiger partial charge in [0.05, 0.1) is 21.7 Å². The molecule has 168 valence electrons. The fourth-order valence-electron chi connectivity index (χ4n) is 3.78. The number of piperidine rings is 1. The number of rotatable bonds is 4. The molecule has 1 aliphatic rings. The molecule has 2 aromatic carbocycles. The molecule has 2 heterocycles. The molecular formula is C22H20F3N3O3S. The minimum Gasteiger partial charge on any atom is -0.324 e. The lowest BCUT2D eigenvalue weighted by molar-refractivity contribution is -0.137. The van der Waals surface area contributed by atoms with Gasteiger partial charge in [-0.2, -0.15) is 17.5 Å². The van der Waals surface area contributed by atoms with Crippen molar-refractivity contribution in [1.82, 2.24) is 9.29 Å². The Morgan fingerprint density at radius 1 is 1.03 bits per heavy atom. The molecule has 0 spiro atoms. The number of sulfonamides is 1. The summed E-state index contributed by atoms with van der Waals surface area (Å²) in [7, 11) is -4.09. The molecule has 1 N–H and O–H groups in total. The molecule has 0 bridgehead atoms. The Labute approximate surface area is 183 Å². The van der Waals surface area contributed by atoms with Gasteiger partial charge in [-0.05, 0) is 43.2 Å². The molecule has 1 saturated heterocycles. The van der Waals surface area contributed by atoms with E-state index < -0.39 is 32.6 Å². The summed E-state index contributed by atoms with van der Waals surface area (Å²) in [6.07, 6.45) is -2.47. The van der Waals surface area contributed by atoms with Crippen LogP contribution in [-0.4, -0.2) is 36.7 Å². The summed E-state index contributed by atoms with van der Waals surface area (Å²) in [6, 6.07) is 12.8. The molecule has 3 aromatic rings. The van der Waals surface area contributed by atoms with Gasteiger partial charge in [-0.3, -0.25) is 9.78 Å². The normalized spacial score (nSPS) is 16.2. The fourth-order valence-corrected chi connectivity index (χ4v) is 5.30. The molecule has 4 rings (SSSR count). The summed E-state index contributed by atoms with van der Waals surface area (Å²) in [5, 5.41) is 3.75. The number of alkyl halides is 3. The van der Waals surface area contributed by atoms with E-state index in [9.17, 15) is 26.4 Å². The Morgan fingerprint density at radius 2 is 1.72 bits per heavy atom.